The van der Waals surface area contributed by atoms with Crippen molar-refractivity contribution in [3.8, 4) is 11.4 Å². The molecule has 23 heavy (non-hydrogen) atoms. The monoisotopic (exact) mass is 328 g/mol. The summed E-state index contributed by atoms with van der Waals surface area (Å²) >= 11 is 6.14. The highest BCUT2D eigenvalue weighted by molar-refractivity contribution is 6.31. The number of morpholine rings is 1. The number of aryl methyl sites for hydroxylation is 1. The molecule has 0 bridgehead atoms. The van der Waals surface area contributed by atoms with E-state index in [0.717, 1.165) is 48.8 Å². The van der Waals surface area contributed by atoms with Crippen LogP contribution in [0.1, 0.15) is 5.56 Å². The van der Waals surface area contributed by atoms with Crippen molar-refractivity contribution in [2.45, 2.75) is 6.92 Å². The summed E-state index contributed by atoms with van der Waals surface area (Å²) in [6.07, 6.45) is 1.65. The molecular weight excluding hydrogens is 312 g/mol. The largest absolute Gasteiger partial charge is 0.378 e. The van der Waals surface area contributed by atoms with E-state index in [9.17, 15) is 0 Å². The average Bonchev–Trinajstić information content (AvgIpc) is 3.04. The molecule has 1 aliphatic heterocycles. The first kappa shape index (κ1) is 14.5. The van der Waals surface area contributed by atoms with Crippen LogP contribution in [0, 0.1) is 6.92 Å². The van der Waals surface area contributed by atoms with Crippen LogP contribution in [0.25, 0.3) is 22.6 Å². The Bertz CT molecular complexity index is 855. The predicted octanol–water partition coefficient (Wildman–Crippen LogP) is 3.42. The molecule has 0 spiro atoms. The number of rotatable bonds is 2. The number of nitrogens with one attached hydrogen (secondary N) is 1. The quantitative estimate of drug-likeness (QED) is 0.783. The summed E-state index contributed by atoms with van der Waals surface area (Å²) < 4.78 is 5.42. The maximum Gasteiger partial charge on any atom is 0.178 e. The number of aromatic nitrogens is 3. The molecule has 3 aromatic rings. The van der Waals surface area contributed by atoms with Crippen LogP contribution in [0.15, 0.2) is 30.5 Å². The highest BCUT2D eigenvalue weighted by Crippen LogP contribution is 2.27. The van der Waals surface area contributed by atoms with Gasteiger partial charge >= 0.3 is 0 Å². The molecule has 2 aromatic heterocycles. The van der Waals surface area contributed by atoms with Gasteiger partial charge in [0.1, 0.15) is 5.82 Å². The van der Waals surface area contributed by atoms with E-state index < -0.39 is 0 Å². The summed E-state index contributed by atoms with van der Waals surface area (Å²) in [5.41, 5.74) is 4.79. The highest BCUT2D eigenvalue weighted by atomic mass is 35.5. The smallest absolute Gasteiger partial charge is 0.178 e. The summed E-state index contributed by atoms with van der Waals surface area (Å²) in [6, 6.07) is 8.39. The normalized spacial score (nSPS) is 15.3. The number of H-pyrrole nitrogens is 1. The lowest BCUT2D eigenvalue weighted by molar-refractivity contribution is 0.122. The van der Waals surface area contributed by atoms with Crippen molar-refractivity contribution >= 4 is 28.5 Å². The van der Waals surface area contributed by atoms with E-state index >= 15 is 0 Å². The first-order valence-corrected chi connectivity index (χ1v) is 8.04. The number of aromatic amines is 1. The SMILES string of the molecule is Cc1c(Cl)cnc2nc(-c3cccc(N4CCOCC4)c3)[nH]c12. The zero-order chi connectivity index (χ0) is 15.8. The van der Waals surface area contributed by atoms with Crippen LogP contribution in [-0.2, 0) is 4.74 Å². The number of pyridine rings is 1. The second kappa shape index (κ2) is 5.83. The number of hydrogen-bond acceptors (Lipinski definition) is 4. The van der Waals surface area contributed by atoms with Gasteiger partial charge in [0.2, 0.25) is 0 Å². The number of benzene rings is 1. The first-order chi connectivity index (χ1) is 11.2. The van der Waals surface area contributed by atoms with Gasteiger partial charge < -0.3 is 14.6 Å². The molecule has 0 atom stereocenters. The minimum absolute atomic E-state index is 0.648. The third-order valence-electron chi connectivity index (χ3n) is 4.21. The van der Waals surface area contributed by atoms with Crippen molar-refractivity contribution in [1.29, 1.82) is 0 Å². The Kier molecular flexibility index (Phi) is 3.67. The van der Waals surface area contributed by atoms with E-state index in [0.29, 0.717) is 10.7 Å². The molecule has 118 valence electrons. The van der Waals surface area contributed by atoms with E-state index in [1.807, 2.05) is 6.92 Å². The molecule has 4 rings (SSSR count). The Hall–Kier alpha value is -2.11. The molecule has 1 aromatic carbocycles. The van der Waals surface area contributed by atoms with Crippen LogP contribution in [-0.4, -0.2) is 41.3 Å². The number of anilines is 1. The van der Waals surface area contributed by atoms with Crippen molar-refractivity contribution in [3.05, 3.63) is 41.0 Å². The summed E-state index contributed by atoms with van der Waals surface area (Å²) in [5, 5.41) is 0.648. The Labute approximate surface area is 139 Å². The Morgan fingerprint density at radius 1 is 1.26 bits per heavy atom. The van der Waals surface area contributed by atoms with Gasteiger partial charge in [0, 0.05) is 30.5 Å². The topological polar surface area (TPSA) is 54.0 Å². The number of fused-ring (bicyclic) bond motifs is 1. The van der Waals surface area contributed by atoms with Crippen LogP contribution in [0.2, 0.25) is 5.02 Å². The Morgan fingerprint density at radius 3 is 2.91 bits per heavy atom. The van der Waals surface area contributed by atoms with Gasteiger partial charge in [0.15, 0.2) is 5.65 Å². The lowest BCUT2D eigenvalue weighted by Crippen LogP contribution is -2.36. The molecule has 0 aliphatic carbocycles. The molecule has 3 heterocycles. The van der Waals surface area contributed by atoms with Gasteiger partial charge in [-0.3, -0.25) is 0 Å². The van der Waals surface area contributed by atoms with E-state index in [1.165, 1.54) is 5.69 Å². The molecule has 5 nitrogen and oxygen atoms in total. The zero-order valence-corrected chi connectivity index (χ0v) is 13.6. The number of hydrogen-bond donors (Lipinski definition) is 1. The van der Waals surface area contributed by atoms with Crippen LogP contribution in [0.5, 0.6) is 0 Å². The summed E-state index contributed by atoms with van der Waals surface area (Å²) in [7, 11) is 0. The molecule has 1 aliphatic rings. The second-order valence-electron chi connectivity index (χ2n) is 5.66. The molecule has 1 N–H and O–H groups in total. The number of imidazole rings is 1. The van der Waals surface area contributed by atoms with Crippen molar-refractivity contribution in [2.75, 3.05) is 31.2 Å². The number of nitrogens with zero attached hydrogens (tertiary/aromatic N) is 3. The maximum absolute atomic E-state index is 6.14. The third kappa shape index (κ3) is 2.66. The minimum Gasteiger partial charge on any atom is -0.378 e. The number of ether oxygens (including phenoxy) is 1. The zero-order valence-electron chi connectivity index (χ0n) is 12.8. The standard InChI is InChI=1S/C17H17ClN4O/c1-11-14(18)10-19-17-15(11)20-16(21-17)12-3-2-4-13(9-12)22-5-7-23-8-6-22/h2-4,9-10H,5-8H2,1H3,(H,19,20,21). The van der Waals surface area contributed by atoms with Gasteiger partial charge in [-0.25, -0.2) is 9.97 Å². The fraction of sp³-hybridized carbons (Fsp3) is 0.294. The van der Waals surface area contributed by atoms with Gasteiger partial charge in [0.25, 0.3) is 0 Å². The second-order valence-corrected chi connectivity index (χ2v) is 6.07. The fourth-order valence-corrected chi connectivity index (χ4v) is 3.00. The van der Waals surface area contributed by atoms with E-state index in [-0.39, 0.29) is 0 Å². The third-order valence-corrected chi connectivity index (χ3v) is 4.60. The molecule has 1 fully saturated rings. The van der Waals surface area contributed by atoms with Crippen LogP contribution >= 0.6 is 11.6 Å². The average molecular weight is 329 g/mol. The van der Waals surface area contributed by atoms with Crippen LogP contribution in [0.4, 0.5) is 5.69 Å². The Balaban J connectivity index is 1.74. The van der Waals surface area contributed by atoms with Gasteiger partial charge in [-0.2, -0.15) is 0 Å². The van der Waals surface area contributed by atoms with Gasteiger partial charge in [-0.1, -0.05) is 23.7 Å². The lowest BCUT2D eigenvalue weighted by Gasteiger charge is -2.29. The van der Waals surface area contributed by atoms with E-state index in [1.54, 1.807) is 6.20 Å². The van der Waals surface area contributed by atoms with Crippen LogP contribution < -0.4 is 4.90 Å². The van der Waals surface area contributed by atoms with Crippen LogP contribution in [0.3, 0.4) is 0 Å². The molecule has 0 saturated carbocycles. The van der Waals surface area contributed by atoms with E-state index in [4.69, 9.17) is 16.3 Å². The number of halogens is 1. The first-order valence-electron chi connectivity index (χ1n) is 7.66. The molecule has 0 radical (unpaired) electrons. The highest BCUT2D eigenvalue weighted by Gasteiger charge is 2.14. The molecule has 0 unspecified atom stereocenters. The molecule has 6 heteroatoms. The fourth-order valence-electron chi connectivity index (χ4n) is 2.86. The van der Waals surface area contributed by atoms with Gasteiger partial charge in [0.05, 0.1) is 23.8 Å². The molecule has 0 amide bonds. The van der Waals surface area contributed by atoms with Crippen molar-refractivity contribution in [2.24, 2.45) is 0 Å². The van der Waals surface area contributed by atoms with E-state index in [2.05, 4.69) is 44.1 Å². The Morgan fingerprint density at radius 2 is 2.09 bits per heavy atom. The predicted molar refractivity (Wildman–Crippen MR) is 92.1 cm³/mol. The van der Waals surface area contributed by atoms with Crippen molar-refractivity contribution in [1.82, 2.24) is 15.0 Å². The van der Waals surface area contributed by atoms with Gasteiger partial charge in [-0.05, 0) is 24.6 Å². The van der Waals surface area contributed by atoms with Crippen molar-refractivity contribution < 1.29 is 4.74 Å². The summed E-state index contributed by atoms with van der Waals surface area (Å²) in [4.78, 5) is 14.6. The summed E-state index contributed by atoms with van der Waals surface area (Å²) in [5.74, 6) is 0.813. The van der Waals surface area contributed by atoms with Gasteiger partial charge in [-0.15, -0.1) is 0 Å². The molecular formula is C17H17ClN4O. The van der Waals surface area contributed by atoms with Crippen molar-refractivity contribution in [3.63, 3.8) is 0 Å². The maximum atomic E-state index is 6.14. The summed E-state index contributed by atoms with van der Waals surface area (Å²) in [6.45, 7) is 5.35. The molecule has 1 saturated heterocycles. The minimum atomic E-state index is 0.648. The lowest BCUT2D eigenvalue weighted by atomic mass is 10.1.